The Morgan fingerprint density at radius 2 is 1.88 bits per heavy atom. The summed E-state index contributed by atoms with van der Waals surface area (Å²) >= 11 is 0. The molecule has 25 heavy (non-hydrogen) atoms. The standard InChI is InChI=1S/C16H21N3O5S/c1-17(2)15(20)11-19-13-7-6-12(10-14(13)24-16(19)21)25(22,23)18-8-4-3-5-9-18/h6-7,10H,3-5,8-9,11H2,1-2H3. The molecule has 0 atom stereocenters. The molecule has 2 aromatic rings. The van der Waals surface area contributed by atoms with Gasteiger partial charge in [0.15, 0.2) is 5.58 Å². The van der Waals surface area contributed by atoms with Crippen molar-refractivity contribution >= 4 is 27.0 Å². The van der Waals surface area contributed by atoms with E-state index in [1.807, 2.05) is 0 Å². The van der Waals surface area contributed by atoms with Gasteiger partial charge in [-0.25, -0.2) is 13.2 Å². The van der Waals surface area contributed by atoms with Gasteiger partial charge in [0, 0.05) is 33.3 Å². The Labute approximate surface area is 145 Å². The van der Waals surface area contributed by atoms with Crippen LogP contribution in [0.2, 0.25) is 0 Å². The second kappa shape index (κ2) is 6.64. The molecule has 1 aliphatic heterocycles. The van der Waals surface area contributed by atoms with Crippen LogP contribution in [0.1, 0.15) is 19.3 Å². The summed E-state index contributed by atoms with van der Waals surface area (Å²) in [7, 11) is -0.414. The van der Waals surface area contributed by atoms with Crippen molar-refractivity contribution < 1.29 is 17.6 Å². The number of carbonyl (C=O) groups excluding carboxylic acids is 1. The summed E-state index contributed by atoms with van der Waals surface area (Å²) in [6.45, 7) is 0.850. The summed E-state index contributed by atoms with van der Waals surface area (Å²) in [5, 5.41) is 0. The number of benzene rings is 1. The molecule has 3 rings (SSSR count). The second-order valence-corrected chi connectivity index (χ2v) is 8.27. The first kappa shape index (κ1) is 17.7. The fourth-order valence-corrected chi connectivity index (χ4v) is 4.42. The quantitative estimate of drug-likeness (QED) is 0.799. The lowest BCUT2D eigenvalue weighted by molar-refractivity contribution is -0.129. The third-order valence-corrected chi connectivity index (χ3v) is 6.28. The van der Waals surface area contributed by atoms with Crippen LogP contribution in [0.15, 0.2) is 32.3 Å². The molecule has 136 valence electrons. The van der Waals surface area contributed by atoms with Gasteiger partial charge >= 0.3 is 5.76 Å². The zero-order chi connectivity index (χ0) is 18.2. The summed E-state index contributed by atoms with van der Waals surface area (Å²) in [5.41, 5.74) is 0.562. The Balaban J connectivity index is 1.99. The number of oxazole rings is 1. The van der Waals surface area contributed by atoms with E-state index in [0.29, 0.717) is 18.6 Å². The van der Waals surface area contributed by atoms with E-state index in [-0.39, 0.29) is 22.9 Å². The Morgan fingerprint density at radius 1 is 1.20 bits per heavy atom. The third-order valence-electron chi connectivity index (χ3n) is 4.38. The zero-order valence-corrected chi connectivity index (χ0v) is 15.1. The third kappa shape index (κ3) is 3.34. The van der Waals surface area contributed by atoms with Crippen molar-refractivity contribution in [2.45, 2.75) is 30.7 Å². The molecule has 0 radical (unpaired) electrons. The molecular formula is C16H21N3O5S. The molecule has 0 bridgehead atoms. The number of piperidine rings is 1. The average molecular weight is 367 g/mol. The minimum Gasteiger partial charge on any atom is -0.408 e. The molecular weight excluding hydrogens is 346 g/mol. The fraction of sp³-hybridized carbons (Fsp3) is 0.500. The van der Waals surface area contributed by atoms with Crippen LogP contribution in [0.5, 0.6) is 0 Å². The first-order valence-corrected chi connectivity index (χ1v) is 9.58. The lowest BCUT2D eigenvalue weighted by Gasteiger charge is -2.25. The van der Waals surface area contributed by atoms with Crippen LogP contribution in [-0.2, 0) is 21.4 Å². The number of fused-ring (bicyclic) bond motifs is 1. The summed E-state index contributed by atoms with van der Waals surface area (Å²) in [6, 6.07) is 4.33. The molecule has 1 aromatic heterocycles. The maximum absolute atomic E-state index is 12.7. The molecule has 1 fully saturated rings. The molecule has 2 heterocycles. The highest BCUT2D eigenvalue weighted by Gasteiger charge is 2.27. The zero-order valence-electron chi connectivity index (χ0n) is 14.3. The predicted octanol–water partition coefficient (Wildman–Crippen LogP) is 0.857. The Hall–Kier alpha value is -2.13. The van der Waals surface area contributed by atoms with Gasteiger partial charge in [-0.3, -0.25) is 9.36 Å². The van der Waals surface area contributed by atoms with Crippen LogP contribution < -0.4 is 5.76 Å². The second-order valence-electron chi connectivity index (χ2n) is 6.34. The molecule has 9 heteroatoms. The normalized spacial score (nSPS) is 16.2. The van der Waals surface area contributed by atoms with Crippen LogP contribution in [0, 0.1) is 0 Å². The highest BCUT2D eigenvalue weighted by molar-refractivity contribution is 7.89. The SMILES string of the molecule is CN(C)C(=O)Cn1c(=O)oc2cc(S(=O)(=O)N3CCCCC3)ccc21. The molecule has 0 unspecified atom stereocenters. The van der Waals surface area contributed by atoms with Gasteiger partial charge in [-0.2, -0.15) is 4.31 Å². The largest absolute Gasteiger partial charge is 0.420 e. The summed E-state index contributed by atoms with van der Waals surface area (Å²) in [5.74, 6) is -0.937. The van der Waals surface area contributed by atoms with Gasteiger partial charge in [0.25, 0.3) is 0 Å². The lowest BCUT2D eigenvalue weighted by atomic mass is 10.2. The van der Waals surface area contributed by atoms with Crippen LogP contribution in [0.4, 0.5) is 0 Å². The molecule has 0 spiro atoms. The van der Waals surface area contributed by atoms with Crippen molar-refractivity contribution in [2.24, 2.45) is 0 Å². The number of hydrogen-bond acceptors (Lipinski definition) is 5. The van der Waals surface area contributed by atoms with Gasteiger partial charge in [0.05, 0.1) is 10.4 Å². The molecule has 1 aromatic carbocycles. The van der Waals surface area contributed by atoms with Gasteiger partial charge in [0.2, 0.25) is 15.9 Å². The fourth-order valence-electron chi connectivity index (χ4n) is 2.89. The van der Waals surface area contributed by atoms with E-state index in [1.54, 1.807) is 14.1 Å². The van der Waals surface area contributed by atoms with Gasteiger partial charge in [-0.05, 0) is 25.0 Å². The Bertz CT molecular complexity index is 952. The monoisotopic (exact) mass is 367 g/mol. The molecule has 1 aliphatic rings. The van der Waals surface area contributed by atoms with E-state index in [0.717, 1.165) is 19.3 Å². The van der Waals surface area contributed by atoms with Crippen molar-refractivity contribution in [1.82, 2.24) is 13.8 Å². The van der Waals surface area contributed by atoms with Gasteiger partial charge in [-0.15, -0.1) is 0 Å². The van der Waals surface area contributed by atoms with Crippen LogP contribution in [-0.4, -0.2) is 55.3 Å². The van der Waals surface area contributed by atoms with Crippen molar-refractivity contribution in [3.63, 3.8) is 0 Å². The number of carbonyl (C=O) groups is 1. The molecule has 0 aliphatic carbocycles. The maximum atomic E-state index is 12.7. The minimum absolute atomic E-state index is 0.0988. The molecule has 1 saturated heterocycles. The van der Waals surface area contributed by atoms with Gasteiger partial charge < -0.3 is 9.32 Å². The minimum atomic E-state index is -3.61. The van der Waals surface area contributed by atoms with Gasteiger partial charge in [-0.1, -0.05) is 6.42 Å². The van der Waals surface area contributed by atoms with E-state index in [2.05, 4.69) is 0 Å². The van der Waals surface area contributed by atoms with Crippen molar-refractivity contribution in [2.75, 3.05) is 27.2 Å². The first-order valence-electron chi connectivity index (χ1n) is 8.14. The number of aromatic nitrogens is 1. The van der Waals surface area contributed by atoms with Crippen molar-refractivity contribution in [3.8, 4) is 0 Å². The first-order chi connectivity index (χ1) is 11.8. The molecule has 0 saturated carbocycles. The smallest absolute Gasteiger partial charge is 0.408 e. The highest BCUT2D eigenvalue weighted by atomic mass is 32.2. The summed E-state index contributed by atoms with van der Waals surface area (Å²) in [4.78, 5) is 25.4. The van der Waals surface area contributed by atoms with E-state index < -0.39 is 15.8 Å². The number of amides is 1. The number of hydrogen-bond donors (Lipinski definition) is 0. The maximum Gasteiger partial charge on any atom is 0.420 e. The van der Waals surface area contributed by atoms with E-state index in [4.69, 9.17) is 4.42 Å². The average Bonchev–Trinajstić information content (AvgIpc) is 2.90. The predicted molar refractivity (Wildman–Crippen MR) is 91.8 cm³/mol. The van der Waals surface area contributed by atoms with Crippen LogP contribution in [0.25, 0.3) is 11.1 Å². The van der Waals surface area contributed by atoms with Crippen LogP contribution >= 0.6 is 0 Å². The summed E-state index contributed by atoms with van der Waals surface area (Å²) in [6.07, 6.45) is 2.72. The molecule has 1 amide bonds. The van der Waals surface area contributed by atoms with E-state index in [9.17, 15) is 18.0 Å². The number of rotatable bonds is 4. The number of nitrogens with zero attached hydrogens (tertiary/aromatic N) is 3. The summed E-state index contributed by atoms with van der Waals surface area (Å²) < 4.78 is 33.3. The Morgan fingerprint density at radius 3 is 2.52 bits per heavy atom. The Kier molecular flexibility index (Phi) is 4.70. The van der Waals surface area contributed by atoms with Crippen molar-refractivity contribution in [3.05, 3.63) is 28.7 Å². The van der Waals surface area contributed by atoms with Crippen molar-refractivity contribution in [1.29, 1.82) is 0 Å². The topological polar surface area (TPSA) is 92.8 Å². The molecule has 8 nitrogen and oxygen atoms in total. The van der Waals surface area contributed by atoms with E-state index >= 15 is 0 Å². The molecule has 0 N–H and O–H groups in total. The number of likely N-dealkylation sites (N-methyl/N-ethyl adjacent to an activating group) is 1. The van der Waals surface area contributed by atoms with Crippen LogP contribution in [0.3, 0.4) is 0 Å². The van der Waals surface area contributed by atoms with Gasteiger partial charge in [0.1, 0.15) is 6.54 Å². The lowest BCUT2D eigenvalue weighted by Crippen LogP contribution is -2.35. The highest BCUT2D eigenvalue weighted by Crippen LogP contribution is 2.24. The van der Waals surface area contributed by atoms with E-state index in [1.165, 1.54) is 32.0 Å². The number of sulfonamides is 1.